The monoisotopic (exact) mass is 1070 g/mol. The van der Waals surface area contributed by atoms with Gasteiger partial charge < -0.3 is 28.5 Å². The van der Waals surface area contributed by atoms with E-state index in [1.807, 2.05) is 33.3 Å². The summed E-state index contributed by atoms with van der Waals surface area (Å²) in [5, 5.41) is 3.03. The summed E-state index contributed by atoms with van der Waals surface area (Å²) in [5.41, 5.74) is 0. The molecular weight excluding hydrogens is 952 g/mol. The zero-order valence-electron chi connectivity index (χ0n) is 50.3. The molecule has 1 N–H and O–H groups in total. The van der Waals surface area contributed by atoms with Gasteiger partial charge in [-0.25, -0.2) is 0 Å². The zero-order chi connectivity index (χ0) is 55.0. The summed E-state index contributed by atoms with van der Waals surface area (Å²) in [5.74, 6) is -0.543. The van der Waals surface area contributed by atoms with Crippen molar-refractivity contribution in [3.05, 3.63) is 48.6 Å². The number of hydrogen-bond donors (Lipinski definition) is 1. The number of phosphoric acid groups is 1. The fraction of sp³-hybridized carbons (Fsp3) is 0.846. The highest BCUT2D eigenvalue weighted by Gasteiger charge is 2.27. The van der Waals surface area contributed by atoms with Crippen LogP contribution in [0.25, 0.3) is 0 Å². The number of esters is 1. The van der Waals surface area contributed by atoms with Crippen molar-refractivity contribution in [3.63, 3.8) is 0 Å². The number of nitrogens with one attached hydrogen (secondary N) is 1. The Morgan fingerprint density at radius 2 is 0.813 bits per heavy atom. The van der Waals surface area contributed by atoms with Crippen molar-refractivity contribution in [3.8, 4) is 0 Å². The molecule has 3 unspecified atom stereocenters. The van der Waals surface area contributed by atoms with Crippen LogP contribution in [-0.4, -0.2) is 69.4 Å². The maximum Gasteiger partial charge on any atom is 0.306 e. The molecule has 0 saturated heterocycles. The fourth-order valence-corrected chi connectivity index (χ4v) is 9.98. The predicted molar refractivity (Wildman–Crippen MR) is 321 cm³/mol. The van der Waals surface area contributed by atoms with Gasteiger partial charge in [-0.15, -0.1) is 0 Å². The van der Waals surface area contributed by atoms with E-state index in [1.165, 1.54) is 193 Å². The van der Waals surface area contributed by atoms with Gasteiger partial charge >= 0.3 is 5.97 Å². The van der Waals surface area contributed by atoms with Crippen LogP contribution in [0.5, 0.6) is 0 Å². The second-order valence-corrected chi connectivity index (χ2v) is 24.3. The topological polar surface area (TPSA) is 114 Å². The van der Waals surface area contributed by atoms with Gasteiger partial charge in [0.2, 0.25) is 5.91 Å². The Morgan fingerprint density at radius 1 is 0.467 bits per heavy atom. The average Bonchev–Trinajstić information content (AvgIpc) is 3.37. The number of hydrogen-bond acceptors (Lipinski definition) is 7. The molecule has 0 aliphatic rings. The molecule has 0 saturated carbocycles. The Labute approximate surface area is 465 Å². The molecular formula is C65H123N2O7P. The number of amides is 1. The smallest absolute Gasteiger partial charge is 0.306 e. The van der Waals surface area contributed by atoms with Crippen LogP contribution in [0.4, 0.5) is 0 Å². The van der Waals surface area contributed by atoms with E-state index in [9.17, 15) is 19.0 Å². The Bertz CT molecular complexity index is 1420. The molecule has 0 aliphatic heterocycles. The number of nitrogens with zero attached hydrogens (tertiary/aromatic N) is 1. The molecule has 0 spiro atoms. The van der Waals surface area contributed by atoms with Gasteiger partial charge in [0.1, 0.15) is 19.3 Å². The third kappa shape index (κ3) is 56.5. The maximum atomic E-state index is 13.5. The van der Waals surface area contributed by atoms with Crippen LogP contribution in [-0.2, 0) is 27.9 Å². The number of ether oxygens (including phenoxy) is 1. The van der Waals surface area contributed by atoms with E-state index in [4.69, 9.17) is 13.8 Å². The highest BCUT2D eigenvalue weighted by Crippen LogP contribution is 2.38. The lowest BCUT2D eigenvalue weighted by atomic mass is 10.0. The lowest BCUT2D eigenvalue weighted by Gasteiger charge is -2.30. The van der Waals surface area contributed by atoms with Crippen molar-refractivity contribution in [1.82, 2.24) is 5.32 Å². The van der Waals surface area contributed by atoms with Crippen molar-refractivity contribution < 1.29 is 37.3 Å². The van der Waals surface area contributed by atoms with E-state index >= 15 is 0 Å². The number of allylic oxidation sites excluding steroid dienone is 7. The van der Waals surface area contributed by atoms with Gasteiger partial charge in [-0.05, 0) is 89.5 Å². The van der Waals surface area contributed by atoms with Crippen LogP contribution in [0.1, 0.15) is 303 Å². The molecule has 0 bridgehead atoms. The van der Waals surface area contributed by atoms with Crippen molar-refractivity contribution in [1.29, 1.82) is 0 Å². The predicted octanol–water partition coefficient (Wildman–Crippen LogP) is 19.0. The molecule has 440 valence electrons. The minimum atomic E-state index is -4.70. The largest absolute Gasteiger partial charge is 0.756 e. The van der Waals surface area contributed by atoms with Gasteiger partial charge in [0.05, 0.1) is 33.8 Å². The van der Waals surface area contributed by atoms with Crippen LogP contribution in [0, 0.1) is 0 Å². The third-order valence-electron chi connectivity index (χ3n) is 14.2. The van der Waals surface area contributed by atoms with Crippen LogP contribution in [0.3, 0.4) is 0 Å². The summed E-state index contributed by atoms with van der Waals surface area (Å²) >= 11 is 0. The van der Waals surface area contributed by atoms with Gasteiger partial charge in [-0.3, -0.25) is 14.2 Å². The van der Waals surface area contributed by atoms with E-state index in [1.54, 1.807) is 0 Å². The average molecular weight is 1080 g/mol. The maximum absolute atomic E-state index is 13.5. The van der Waals surface area contributed by atoms with E-state index in [2.05, 4.69) is 62.5 Å². The van der Waals surface area contributed by atoms with Crippen LogP contribution >= 0.6 is 7.82 Å². The first-order valence-corrected chi connectivity index (χ1v) is 33.4. The highest BCUT2D eigenvalue weighted by atomic mass is 31.2. The molecule has 3 atom stereocenters. The molecule has 0 heterocycles. The Balaban J connectivity index is 5.26. The molecule has 0 aromatic carbocycles. The summed E-state index contributed by atoms with van der Waals surface area (Å²) in [6.45, 7) is 6.84. The van der Waals surface area contributed by atoms with Crippen molar-refractivity contribution in [2.45, 2.75) is 315 Å². The summed E-state index contributed by atoms with van der Waals surface area (Å²) in [7, 11) is 1.18. The summed E-state index contributed by atoms with van der Waals surface area (Å²) in [6, 6.07) is -0.892. The zero-order valence-corrected chi connectivity index (χ0v) is 51.2. The number of carbonyl (C=O) groups excluding carboxylic acids is 2. The lowest BCUT2D eigenvalue weighted by molar-refractivity contribution is -0.870. The van der Waals surface area contributed by atoms with Gasteiger partial charge in [0.25, 0.3) is 7.82 Å². The fourth-order valence-electron chi connectivity index (χ4n) is 9.25. The summed E-state index contributed by atoms with van der Waals surface area (Å²) in [6.07, 6.45) is 67.8. The first-order valence-electron chi connectivity index (χ1n) is 31.9. The van der Waals surface area contributed by atoms with E-state index in [0.29, 0.717) is 17.4 Å². The first kappa shape index (κ1) is 73.0. The summed E-state index contributed by atoms with van der Waals surface area (Å²) in [4.78, 5) is 40.0. The lowest BCUT2D eigenvalue weighted by Crippen LogP contribution is -2.47. The molecule has 0 aromatic rings. The third-order valence-corrected chi connectivity index (χ3v) is 15.2. The number of rotatable bonds is 58. The Morgan fingerprint density at radius 3 is 1.24 bits per heavy atom. The standard InChI is InChI=1S/C65H123N2O7P/c1-7-10-13-16-19-22-25-28-30-32-33-35-36-39-42-45-48-51-54-57-64(68)66-62(61-73-75(70,71)72-60-59-67(4,5)6)63(56-53-50-47-44-41-38-27-24-21-18-15-12-9-3)74-65(69)58-55-52-49-46-43-40-37-34-31-29-26-23-20-17-14-11-8-2/h20,23,28-31,53,56,62-63H,7-19,21-22,24-27,32-52,54-55,57-61H2,1-6H3,(H-,66,68,70,71)/b23-20-,30-28+,31-29-,56-53+. The van der Waals surface area contributed by atoms with Crippen molar-refractivity contribution in [2.75, 3.05) is 40.9 Å². The molecule has 0 radical (unpaired) electrons. The number of unbranched alkanes of at least 4 members (excludes halogenated alkanes) is 36. The molecule has 1 amide bonds. The van der Waals surface area contributed by atoms with Crippen molar-refractivity contribution in [2.24, 2.45) is 0 Å². The van der Waals surface area contributed by atoms with E-state index in [0.717, 1.165) is 77.0 Å². The molecule has 0 fully saturated rings. The normalized spacial score (nSPS) is 14.0. The molecule has 0 aliphatic carbocycles. The molecule has 9 nitrogen and oxygen atoms in total. The molecule has 0 rings (SSSR count). The minimum absolute atomic E-state index is 0.0235. The van der Waals surface area contributed by atoms with E-state index in [-0.39, 0.29) is 31.5 Å². The first-order chi connectivity index (χ1) is 36.4. The SMILES string of the molecule is CCCCC/C=C\C/C=C\CCCCCCCCCC(=O)OC(/C=C/CCCCCCCCCCCCC)C(COP(=O)([O-])OCC[N+](C)(C)C)NC(=O)CCCCCCCCCCC/C=C/CCCCCCCC. The van der Waals surface area contributed by atoms with Crippen LogP contribution in [0.15, 0.2) is 48.6 Å². The van der Waals surface area contributed by atoms with Gasteiger partial charge in [-0.1, -0.05) is 250 Å². The number of carbonyl (C=O) groups is 2. The summed E-state index contributed by atoms with van der Waals surface area (Å²) < 4.78 is 30.4. The highest BCUT2D eigenvalue weighted by molar-refractivity contribution is 7.45. The number of phosphoric ester groups is 1. The van der Waals surface area contributed by atoms with Gasteiger partial charge in [0.15, 0.2) is 0 Å². The van der Waals surface area contributed by atoms with Crippen LogP contribution < -0.4 is 10.2 Å². The minimum Gasteiger partial charge on any atom is -0.756 e. The number of quaternary nitrogens is 1. The quantitative estimate of drug-likeness (QED) is 0.0212. The second-order valence-electron chi connectivity index (χ2n) is 22.9. The van der Waals surface area contributed by atoms with Gasteiger partial charge in [-0.2, -0.15) is 0 Å². The van der Waals surface area contributed by atoms with Crippen LogP contribution in [0.2, 0.25) is 0 Å². The molecule has 10 heteroatoms. The Hall–Kier alpha value is -2.03. The van der Waals surface area contributed by atoms with E-state index < -0.39 is 20.0 Å². The number of likely N-dealkylation sites (N-methyl/N-ethyl adjacent to an activating group) is 1. The van der Waals surface area contributed by atoms with Gasteiger partial charge in [0, 0.05) is 12.8 Å². The molecule has 75 heavy (non-hydrogen) atoms. The van der Waals surface area contributed by atoms with Crippen molar-refractivity contribution >= 4 is 19.7 Å². The second kappa shape index (κ2) is 55.3. The Kier molecular flexibility index (Phi) is 53.8. The molecule has 0 aromatic heterocycles.